The summed E-state index contributed by atoms with van der Waals surface area (Å²) in [6.45, 7) is 12.5. The van der Waals surface area contributed by atoms with Crippen LogP contribution in [0.25, 0.3) is 0 Å². The summed E-state index contributed by atoms with van der Waals surface area (Å²) in [6, 6.07) is 1.82. The highest BCUT2D eigenvalue weighted by Gasteiger charge is 2.80. The van der Waals surface area contributed by atoms with Crippen LogP contribution in [0.2, 0.25) is 0 Å². The van der Waals surface area contributed by atoms with Crippen LogP contribution in [0.1, 0.15) is 58.6 Å². The van der Waals surface area contributed by atoms with E-state index in [0.717, 1.165) is 24.0 Å². The smallest absolute Gasteiger partial charge is 0.339 e. The fraction of sp³-hybridized carbons (Fsp3) is 0.593. The molecule has 0 unspecified atom stereocenters. The largest absolute Gasteiger partial charge is 0.472 e. The molecule has 7 heteroatoms. The molecule has 3 fully saturated rings. The SMILES string of the molecule is C=C1[C@@H]([C@@]2(C)C=CC(=O)C(C)(C)[C@@H]2CC(=O)OC)CC[C@@]2(C)[C@H](c3ccoc3)OC(=O)[C@H]3O[C@]132. The summed E-state index contributed by atoms with van der Waals surface area (Å²) in [5, 5.41) is 0. The molecular formula is C27H32O7. The Kier molecular flexibility index (Phi) is 4.87. The maximum Gasteiger partial charge on any atom is 0.339 e. The number of furan rings is 1. The summed E-state index contributed by atoms with van der Waals surface area (Å²) in [6.07, 6.45) is 7.16. The first kappa shape index (κ1) is 23.1. The highest BCUT2D eigenvalue weighted by atomic mass is 16.7. The monoisotopic (exact) mass is 468 g/mol. The number of carbonyl (C=O) groups is 3. The lowest BCUT2D eigenvalue weighted by molar-refractivity contribution is -0.168. The van der Waals surface area contributed by atoms with Crippen LogP contribution >= 0.6 is 0 Å². The number of hydrogen-bond acceptors (Lipinski definition) is 7. The highest BCUT2D eigenvalue weighted by molar-refractivity contribution is 5.96. The van der Waals surface area contributed by atoms with E-state index in [-0.39, 0.29) is 30.0 Å². The van der Waals surface area contributed by atoms with E-state index in [1.165, 1.54) is 7.11 Å². The fourth-order valence-corrected chi connectivity index (χ4v) is 7.27. The molecule has 1 aromatic heterocycles. The molecule has 2 aliphatic carbocycles. The first-order valence-electron chi connectivity index (χ1n) is 11.8. The van der Waals surface area contributed by atoms with Gasteiger partial charge in [-0.2, -0.15) is 0 Å². The quantitative estimate of drug-likeness (QED) is 0.368. The number of cyclic esters (lactones) is 1. The zero-order chi connectivity index (χ0) is 24.7. The van der Waals surface area contributed by atoms with Gasteiger partial charge in [-0.3, -0.25) is 9.59 Å². The predicted molar refractivity (Wildman–Crippen MR) is 121 cm³/mol. The Labute approximate surface area is 199 Å². The lowest BCUT2D eigenvalue weighted by Gasteiger charge is -2.56. The molecule has 0 N–H and O–H groups in total. The molecule has 182 valence electrons. The van der Waals surface area contributed by atoms with Crippen LogP contribution in [-0.4, -0.2) is 36.5 Å². The molecule has 34 heavy (non-hydrogen) atoms. The van der Waals surface area contributed by atoms with E-state index in [4.69, 9.17) is 18.6 Å². The van der Waals surface area contributed by atoms with E-state index >= 15 is 0 Å². The van der Waals surface area contributed by atoms with Crippen LogP contribution < -0.4 is 0 Å². The Bertz CT molecular complexity index is 1100. The van der Waals surface area contributed by atoms with Gasteiger partial charge in [-0.25, -0.2) is 4.79 Å². The van der Waals surface area contributed by atoms with Gasteiger partial charge in [-0.1, -0.05) is 40.3 Å². The van der Waals surface area contributed by atoms with E-state index in [0.29, 0.717) is 0 Å². The number of rotatable bonds is 4. The summed E-state index contributed by atoms with van der Waals surface area (Å²) < 4.78 is 22.4. The molecular weight excluding hydrogens is 436 g/mol. The minimum Gasteiger partial charge on any atom is -0.472 e. The number of ether oxygens (including phenoxy) is 3. The molecule has 1 aromatic rings. The van der Waals surface area contributed by atoms with Crippen LogP contribution in [0, 0.1) is 28.1 Å². The van der Waals surface area contributed by atoms with Gasteiger partial charge < -0.3 is 18.6 Å². The van der Waals surface area contributed by atoms with Gasteiger partial charge in [0.25, 0.3) is 0 Å². The van der Waals surface area contributed by atoms with Gasteiger partial charge in [-0.05, 0) is 47.8 Å². The standard InChI is InChI=1S/C27H32O7/c1-15-17(25(4)10-8-19(28)24(2,3)18(25)13-20(29)31-6)7-11-26(5)21(16-9-12-32-14-16)33-23(30)22-27(15,26)34-22/h8-10,12,14,17-18,21-22H,1,7,11,13H2,2-6H3/t17-,18-,21-,22+,25+,26-,27+/m0/s1. The third-order valence-electron chi connectivity index (χ3n) is 9.39. The van der Waals surface area contributed by atoms with Crippen LogP contribution in [-0.2, 0) is 28.6 Å². The first-order chi connectivity index (χ1) is 15.9. The molecule has 0 amide bonds. The first-order valence-corrected chi connectivity index (χ1v) is 11.8. The Morgan fingerprint density at radius 2 is 1.94 bits per heavy atom. The zero-order valence-corrected chi connectivity index (χ0v) is 20.4. The average Bonchev–Trinajstić information content (AvgIpc) is 3.35. The van der Waals surface area contributed by atoms with Crippen molar-refractivity contribution in [3.63, 3.8) is 0 Å². The molecule has 0 bridgehead atoms. The minimum atomic E-state index is -0.856. The van der Waals surface area contributed by atoms with Gasteiger partial charge in [0.1, 0.15) is 11.7 Å². The van der Waals surface area contributed by atoms with Crippen LogP contribution in [0.5, 0.6) is 0 Å². The van der Waals surface area contributed by atoms with Gasteiger partial charge in [0.15, 0.2) is 11.9 Å². The van der Waals surface area contributed by atoms with Crippen LogP contribution in [0.4, 0.5) is 0 Å². The Morgan fingerprint density at radius 1 is 1.21 bits per heavy atom. The van der Waals surface area contributed by atoms with Crippen molar-refractivity contribution >= 4 is 17.7 Å². The molecule has 7 atom stereocenters. The van der Waals surface area contributed by atoms with E-state index < -0.39 is 40.0 Å². The van der Waals surface area contributed by atoms with Gasteiger partial charge in [0.05, 0.1) is 26.1 Å². The van der Waals surface area contributed by atoms with E-state index in [2.05, 4.69) is 20.4 Å². The summed E-state index contributed by atoms with van der Waals surface area (Å²) in [5.74, 6) is -1.15. The second-order valence-corrected chi connectivity index (χ2v) is 11.3. The molecule has 5 rings (SSSR count). The lowest BCUT2D eigenvalue weighted by atomic mass is 9.47. The summed E-state index contributed by atoms with van der Waals surface area (Å²) in [4.78, 5) is 38.2. The zero-order valence-electron chi connectivity index (χ0n) is 20.4. The third-order valence-corrected chi connectivity index (χ3v) is 9.39. The second-order valence-electron chi connectivity index (χ2n) is 11.3. The predicted octanol–water partition coefficient (Wildman–Crippen LogP) is 4.34. The normalized spacial score (nSPS) is 42.4. The molecule has 7 nitrogen and oxygen atoms in total. The van der Waals surface area contributed by atoms with Crippen LogP contribution in [0.3, 0.4) is 0 Å². The second kappa shape index (κ2) is 7.17. The van der Waals surface area contributed by atoms with Crippen molar-refractivity contribution < 1.29 is 33.0 Å². The van der Waals surface area contributed by atoms with Gasteiger partial charge in [0.2, 0.25) is 0 Å². The maximum atomic E-state index is 12.9. The molecule has 0 radical (unpaired) electrons. The number of esters is 2. The van der Waals surface area contributed by atoms with Crippen molar-refractivity contribution in [3.05, 3.63) is 48.5 Å². The molecule has 3 heterocycles. The Morgan fingerprint density at radius 3 is 2.59 bits per heavy atom. The maximum absolute atomic E-state index is 12.9. The number of hydrogen-bond donors (Lipinski definition) is 0. The fourth-order valence-electron chi connectivity index (χ4n) is 7.27. The van der Waals surface area contributed by atoms with E-state index in [9.17, 15) is 14.4 Å². The third kappa shape index (κ3) is 2.76. The topological polar surface area (TPSA) is 95.3 Å². The number of epoxide rings is 1. The van der Waals surface area contributed by atoms with Gasteiger partial charge in [0, 0.05) is 16.4 Å². The van der Waals surface area contributed by atoms with Crippen molar-refractivity contribution in [2.45, 2.75) is 64.8 Å². The van der Waals surface area contributed by atoms with Gasteiger partial charge >= 0.3 is 11.9 Å². The Balaban J connectivity index is 1.57. The lowest BCUT2D eigenvalue weighted by Crippen LogP contribution is -2.58. The number of allylic oxidation sites excluding steroid dienone is 2. The number of carbonyl (C=O) groups excluding carboxylic acids is 3. The van der Waals surface area contributed by atoms with E-state index in [1.807, 2.05) is 26.0 Å². The number of methoxy groups -OCH3 is 1. The van der Waals surface area contributed by atoms with Crippen molar-refractivity contribution in [3.8, 4) is 0 Å². The van der Waals surface area contributed by atoms with Crippen molar-refractivity contribution in [2.75, 3.05) is 7.11 Å². The van der Waals surface area contributed by atoms with Crippen molar-refractivity contribution in [1.82, 2.24) is 0 Å². The molecule has 2 aliphatic heterocycles. The molecule has 2 saturated heterocycles. The van der Waals surface area contributed by atoms with Crippen molar-refractivity contribution in [1.29, 1.82) is 0 Å². The number of ketones is 1. The summed E-state index contributed by atoms with van der Waals surface area (Å²) in [7, 11) is 1.36. The molecule has 0 aromatic carbocycles. The molecule has 4 aliphatic rings. The Hall–Kier alpha value is -2.67. The highest BCUT2D eigenvalue weighted by Crippen LogP contribution is 2.72. The van der Waals surface area contributed by atoms with Crippen LogP contribution in [0.15, 0.2) is 47.3 Å². The minimum absolute atomic E-state index is 0.00915. The average molecular weight is 469 g/mol. The summed E-state index contributed by atoms with van der Waals surface area (Å²) >= 11 is 0. The molecule has 1 saturated carbocycles. The van der Waals surface area contributed by atoms with Crippen molar-refractivity contribution in [2.24, 2.45) is 28.1 Å². The summed E-state index contributed by atoms with van der Waals surface area (Å²) in [5.41, 5.74) is -1.04. The van der Waals surface area contributed by atoms with E-state index in [1.54, 1.807) is 18.6 Å². The molecule has 1 spiro atoms. The van der Waals surface area contributed by atoms with Gasteiger partial charge in [-0.15, -0.1) is 0 Å².